The van der Waals surface area contributed by atoms with Gasteiger partial charge in [-0.1, -0.05) is 0 Å². The number of anilines is 3. The number of aromatic nitrogens is 5. The zero-order valence-corrected chi connectivity index (χ0v) is 19.6. The number of nitrogens with one attached hydrogen (secondary N) is 2. The number of carbonyl (C=O) groups excluding carboxylic acids is 1. The second-order valence-corrected chi connectivity index (χ2v) is 8.04. The molecule has 1 atom stereocenters. The number of hydrogen-bond donors (Lipinski definition) is 3. The minimum Gasteiger partial charge on any atom is -0.493 e. The number of rotatable bonds is 8. The Morgan fingerprint density at radius 2 is 1.94 bits per heavy atom. The number of ether oxygens (including phenoxy) is 3. The van der Waals surface area contributed by atoms with Gasteiger partial charge in [-0.25, -0.2) is 4.98 Å². The monoisotopic (exact) mass is 478 g/mol. The number of nitrogens with zero attached hydrogens (tertiary/aromatic N) is 5. The lowest BCUT2D eigenvalue weighted by atomic mass is 10.2. The molecule has 182 valence electrons. The number of methoxy groups -OCH3 is 3. The lowest BCUT2D eigenvalue weighted by Gasteiger charge is -2.22. The van der Waals surface area contributed by atoms with Crippen LogP contribution in [0.25, 0.3) is 16.7 Å². The number of amides is 1. The van der Waals surface area contributed by atoms with E-state index in [1.165, 1.54) is 0 Å². The molecule has 0 spiro atoms. The SMILES string of the molecule is COc1cc(-n2cnc(Nc3nc(N4CCCC4C(N)=O)nc4[nH]ccc34)c2)cc(OC)c1OC. The lowest BCUT2D eigenvalue weighted by molar-refractivity contribution is -0.119. The average molecular weight is 479 g/mol. The van der Waals surface area contributed by atoms with E-state index in [1.54, 1.807) is 33.9 Å². The van der Waals surface area contributed by atoms with Crippen LogP contribution < -0.4 is 30.2 Å². The molecule has 35 heavy (non-hydrogen) atoms. The number of fused-ring (bicyclic) bond motifs is 1. The Morgan fingerprint density at radius 3 is 2.63 bits per heavy atom. The van der Waals surface area contributed by atoms with Gasteiger partial charge >= 0.3 is 0 Å². The first-order valence-corrected chi connectivity index (χ1v) is 11.0. The maximum atomic E-state index is 11.9. The number of H-pyrrole nitrogens is 1. The third kappa shape index (κ3) is 4.03. The quantitative estimate of drug-likeness (QED) is 0.347. The molecule has 0 saturated carbocycles. The summed E-state index contributed by atoms with van der Waals surface area (Å²) in [6.07, 6.45) is 6.81. The highest BCUT2D eigenvalue weighted by Crippen LogP contribution is 2.39. The zero-order valence-electron chi connectivity index (χ0n) is 19.6. The molecule has 1 saturated heterocycles. The molecule has 12 heteroatoms. The van der Waals surface area contributed by atoms with E-state index in [4.69, 9.17) is 24.9 Å². The summed E-state index contributed by atoms with van der Waals surface area (Å²) in [5.41, 5.74) is 7.02. The summed E-state index contributed by atoms with van der Waals surface area (Å²) < 4.78 is 18.1. The molecule has 4 heterocycles. The molecule has 1 unspecified atom stereocenters. The van der Waals surface area contributed by atoms with Crippen molar-refractivity contribution < 1.29 is 19.0 Å². The molecule has 0 bridgehead atoms. The number of nitrogens with two attached hydrogens (primary N) is 1. The highest BCUT2D eigenvalue weighted by molar-refractivity contribution is 5.90. The number of carbonyl (C=O) groups is 1. The van der Waals surface area contributed by atoms with Crippen molar-refractivity contribution in [2.24, 2.45) is 5.73 Å². The molecule has 1 fully saturated rings. The summed E-state index contributed by atoms with van der Waals surface area (Å²) in [4.78, 5) is 30.7. The van der Waals surface area contributed by atoms with Gasteiger partial charge in [-0.3, -0.25) is 4.79 Å². The number of aromatic amines is 1. The fraction of sp³-hybridized carbons (Fsp3) is 0.304. The van der Waals surface area contributed by atoms with Crippen molar-refractivity contribution in [2.45, 2.75) is 18.9 Å². The molecule has 1 amide bonds. The van der Waals surface area contributed by atoms with E-state index in [9.17, 15) is 4.79 Å². The van der Waals surface area contributed by atoms with Crippen molar-refractivity contribution in [1.82, 2.24) is 24.5 Å². The molecule has 1 aromatic carbocycles. The van der Waals surface area contributed by atoms with Crippen LogP contribution in [0.15, 0.2) is 36.9 Å². The minimum atomic E-state index is -0.422. The van der Waals surface area contributed by atoms with Crippen LogP contribution in [0.3, 0.4) is 0 Å². The molecule has 3 aromatic heterocycles. The maximum absolute atomic E-state index is 11.9. The van der Waals surface area contributed by atoms with Crippen LogP contribution in [0.1, 0.15) is 12.8 Å². The summed E-state index contributed by atoms with van der Waals surface area (Å²) in [5.74, 6) is 2.78. The van der Waals surface area contributed by atoms with Crippen molar-refractivity contribution in [3.8, 4) is 22.9 Å². The Morgan fingerprint density at radius 1 is 1.17 bits per heavy atom. The Balaban J connectivity index is 1.48. The van der Waals surface area contributed by atoms with Gasteiger partial charge in [-0.05, 0) is 18.9 Å². The van der Waals surface area contributed by atoms with Gasteiger partial charge in [0, 0.05) is 24.9 Å². The van der Waals surface area contributed by atoms with E-state index in [0.29, 0.717) is 53.4 Å². The zero-order chi connectivity index (χ0) is 24.5. The number of benzene rings is 1. The molecule has 12 nitrogen and oxygen atoms in total. The standard InChI is InChI=1S/C23H26N8O4/c1-33-16-9-13(10-17(34-2)19(16)35-3)30-11-18(26-12-30)27-22-14-6-7-25-21(14)28-23(29-22)31-8-4-5-15(31)20(24)32/h6-7,9-12,15H,4-5,8H2,1-3H3,(H2,24,32)(H2,25,27,28,29). The van der Waals surface area contributed by atoms with Crippen LogP contribution in [0.5, 0.6) is 17.2 Å². The smallest absolute Gasteiger partial charge is 0.240 e. The van der Waals surface area contributed by atoms with E-state index in [1.807, 2.05) is 33.9 Å². The molecule has 1 aliphatic heterocycles. The second kappa shape index (κ2) is 9.05. The summed E-state index contributed by atoms with van der Waals surface area (Å²) >= 11 is 0. The normalized spacial score (nSPS) is 15.4. The molecule has 0 radical (unpaired) electrons. The van der Waals surface area contributed by atoms with Crippen LogP contribution in [0.4, 0.5) is 17.6 Å². The summed E-state index contributed by atoms with van der Waals surface area (Å²) in [7, 11) is 4.70. The summed E-state index contributed by atoms with van der Waals surface area (Å²) in [6, 6.07) is 5.12. The van der Waals surface area contributed by atoms with E-state index in [-0.39, 0.29) is 5.91 Å². The van der Waals surface area contributed by atoms with Gasteiger partial charge in [0.15, 0.2) is 11.5 Å². The van der Waals surface area contributed by atoms with E-state index in [0.717, 1.165) is 17.5 Å². The lowest BCUT2D eigenvalue weighted by Crippen LogP contribution is -2.41. The van der Waals surface area contributed by atoms with Crippen LogP contribution in [-0.4, -0.2) is 64.3 Å². The van der Waals surface area contributed by atoms with Crippen molar-refractivity contribution in [3.63, 3.8) is 0 Å². The van der Waals surface area contributed by atoms with Crippen molar-refractivity contribution >= 4 is 34.5 Å². The molecular weight excluding hydrogens is 452 g/mol. The Labute approximate surface area is 201 Å². The second-order valence-electron chi connectivity index (χ2n) is 8.04. The first-order valence-electron chi connectivity index (χ1n) is 11.0. The highest BCUT2D eigenvalue weighted by atomic mass is 16.5. The Bertz CT molecular complexity index is 1360. The summed E-state index contributed by atoms with van der Waals surface area (Å²) in [6.45, 7) is 0.662. The van der Waals surface area contributed by atoms with Gasteiger partial charge in [0.1, 0.15) is 29.7 Å². The molecule has 4 aromatic rings. The van der Waals surface area contributed by atoms with Gasteiger partial charge < -0.3 is 39.7 Å². The Kier molecular flexibility index (Phi) is 5.77. The van der Waals surface area contributed by atoms with E-state index in [2.05, 4.69) is 20.3 Å². The first kappa shape index (κ1) is 22.3. The predicted molar refractivity (Wildman–Crippen MR) is 130 cm³/mol. The fourth-order valence-corrected chi connectivity index (χ4v) is 4.32. The maximum Gasteiger partial charge on any atom is 0.240 e. The third-order valence-corrected chi connectivity index (χ3v) is 6.02. The van der Waals surface area contributed by atoms with Crippen molar-refractivity contribution in [1.29, 1.82) is 0 Å². The van der Waals surface area contributed by atoms with Crippen molar-refractivity contribution in [3.05, 3.63) is 36.9 Å². The average Bonchev–Trinajstić information content (AvgIpc) is 3.63. The number of imidazole rings is 1. The molecule has 4 N–H and O–H groups in total. The molecule has 5 rings (SSSR count). The van der Waals surface area contributed by atoms with Gasteiger partial charge in [0.05, 0.1) is 38.6 Å². The minimum absolute atomic E-state index is 0.378. The third-order valence-electron chi connectivity index (χ3n) is 6.02. The van der Waals surface area contributed by atoms with E-state index >= 15 is 0 Å². The molecular formula is C23H26N8O4. The fourth-order valence-electron chi connectivity index (χ4n) is 4.32. The first-order chi connectivity index (χ1) is 17.0. The Hall–Kier alpha value is -4.48. The number of primary amides is 1. The number of hydrogen-bond acceptors (Lipinski definition) is 9. The largest absolute Gasteiger partial charge is 0.493 e. The van der Waals surface area contributed by atoms with Gasteiger partial charge in [-0.15, -0.1) is 0 Å². The van der Waals surface area contributed by atoms with Crippen LogP contribution in [0, 0.1) is 0 Å². The van der Waals surface area contributed by atoms with Crippen molar-refractivity contribution in [2.75, 3.05) is 38.1 Å². The predicted octanol–water partition coefficient (Wildman–Crippen LogP) is 2.37. The van der Waals surface area contributed by atoms with E-state index < -0.39 is 6.04 Å². The summed E-state index contributed by atoms with van der Waals surface area (Å²) in [5, 5.41) is 4.07. The van der Waals surface area contributed by atoms with Crippen LogP contribution in [-0.2, 0) is 4.79 Å². The molecule has 0 aliphatic carbocycles. The van der Waals surface area contributed by atoms with Crippen LogP contribution in [0.2, 0.25) is 0 Å². The van der Waals surface area contributed by atoms with Crippen LogP contribution >= 0.6 is 0 Å². The molecule has 1 aliphatic rings. The topological polar surface area (TPSA) is 145 Å². The highest BCUT2D eigenvalue weighted by Gasteiger charge is 2.31. The van der Waals surface area contributed by atoms with Gasteiger partial charge in [0.2, 0.25) is 17.6 Å². The van der Waals surface area contributed by atoms with Gasteiger partial charge in [0.25, 0.3) is 0 Å². The van der Waals surface area contributed by atoms with Gasteiger partial charge in [-0.2, -0.15) is 9.97 Å².